The van der Waals surface area contributed by atoms with E-state index in [0.717, 1.165) is 34.7 Å². The Bertz CT molecular complexity index is 1150. The normalized spacial score (nSPS) is 10.9. The highest BCUT2D eigenvalue weighted by atomic mass is 32.2. The van der Waals surface area contributed by atoms with Gasteiger partial charge in [-0.15, -0.1) is 21.5 Å². The number of carbonyl (C=O) groups excluding carboxylic acids is 1. The largest absolute Gasteiger partial charge is 0.325 e. The van der Waals surface area contributed by atoms with E-state index in [9.17, 15) is 4.79 Å². The number of aryl methyl sites for hydroxylation is 2. The first-order valence-corrected chi connectivity index (χ1v) is 12.1. The zero-order valence-electron chi connectivity index (χ0n) is 17.5. The maximum absolute atomic E-state index is 12.7. The lowest BCUT2D eigenvalue weighted by molar-refractivity contribution is -0.113. The smallest absolute Gasteiger partial charge is 0.234 e. The summed E-state index contributed by atoms with van der Waals surface area (Å²) in [6.07, 6.45) is 1.58. The Morgan fingerprint density at radius 1 is 1.06 bits per heavy atom. The summed E-state index contributed by atoms with van der Waals surface area (Å²) in [7, 11) is 0. The molecular formula is C24H24N4OS2. The number of nitrogens with one attached hydrogen (secondary N) is 1. The van der Waals surface area contributed by atoms with E-state index in [0.29, 0.717) is 11.6 Å². The summed E-state index contributed by atoms with van der Waals surface area (Å²) in [5.74, 6) is 1.08. The zero-order valence-corrected chi connectivity index (χ0v) is 19.2. The molecule has 31 heavy (non-hydrogen) atoms. The van der Waals surface area contributed by atoms with Gasteiger partial charge in [-0.1, -0.05) is 61.2 Å². The van der Waals surface area contributed by atoms with Crippen LogP contribution in [0.2, 0.25) is 0 Å². The van der Waals surface area contributed by atoms with Gasteiger partial charge in [0.2, 0.25) is 5.91 Å². The summed E-state index contributed by atoms with van der Waals surface area (Å²) < 4.78 is 2.04. The van der Waals surface area contributed by atoms with Gasteiger partial charge in [-0.3, -0.25) is 9.36 Å². The fraction of sp³-hybridized carbons (Fsp3) is 0.208. The number of rotatable bonds is 8. The first kappa shape index (κ1) is 21.3. The van der Waals surface area contributed by atoms with Crippen LogP contribution in [0.4, 0.5) is 5.69 Å². The molecule has 0 aliphatic rings. The van der Waals surface area contributed by atoms with Crippen molar-refractivity contribution < 1.29 is 4.79 Å². The minimum atomic E-state index is -0.0450. The van der Waals surface area contributed by atoms with Gasteiger partial charge in [0.25, 0.3) is 0 Å². The number of carbonyl (C=O) groups is 1. The van der Waals surface area contributed by atoms with E-state index in [4.69, 9.17) is 0 Å². The number of hydrogen-bond donors (Lipinski definition) is 1. The maximum Gasteiger partial charge on any atom is 0.234 e. The van der Waals surface area contributed by atoms with E-state index in [1.807, 2.05) is 60.0 Å². The molecule has 0 aliphatic heterocycles. The van der Waals surface area contributed by atoms with Crippen molar-refractivity contribution in [2.24, 2.45) is 0 Å². The van der Waals surface area contributed by atoms with E-state index >= 15 is 0 Å². The number of thioether (sulfide) groups is 1. The molecule has 2 heterocycles. The van der Waals surface area contributed by atoms with Crippen LogP contribution in [0.5, 0.6) is 0 Å². The van der Waals surface area contributed by atoms with Gasteiger partial charge in [-0.25, -0.2) is 0 Å². The summed E-state index contributed by atoms with van der Waals surface area (Å²) in [6, 6.07) is 20.3. The van der Waals surface area contributed by atoms with Crippen LogP contribution in [-0.4, -0.2) is 26.4 Å². The van der Waals surface area contributed by atoms with E-state index in [-0.39, 0.29) is 11.7 Å². The van der Waals surface area contributed by atoms with Gasteiger partial charge in [0.1, 0.15) is 5.82 Å². The van der Waals surface area contributed by atoms with E-state index < -0.39 is 0 Å². The van der Waals surface area contributed by atoms with Crippen molar-refractivity contribution in [3.8, 4) is 5.69 Å². The second-order valence-electron chi connectivity index (χ2n) is 7.13. The minimum absolute atomic E-state index is 0.0450. The molecular weight excluding hydrogens is 424 g/mol. The van der Waals surface area contributed by atoms with Crippen LogP contribution in [0.15, 0.2) is 71.2 Å². The first-order chi connectivity index (χ1) is 15.2. The molecule has 0 aliphatic carbocycles. The van der Waals surface area contributed by atoms with Gasteiger partial charge in [0.15, 0.2) is 5.16 Å². The molecule has 4 aromatic rings. The Hall–Kier alpha value is -2.90. The Morgan fingerprint density at radius 3 is 2.65 bits per heavy atom. The number of para-hydroxylation sites is 2. The average molecular weight is 449 g/mol. The van der Waals surface area contributed by atoms with Crippen molar-refractivity contribution in [2.45, 2.75) is 31.8 Å². The molecule has 0 saturated carbocycles. The number of benzene rings is 2. The van der Waals surface area contributed by atoms with Gasteiger partial charge < -0.3 is 5.32 Å². The van der Waals surface area contributed by atoms with Gasteiger partial charge >= 0.3 is 0 Å². The molecule has 1 amide bonds. The second kappa shape index (κ2) is 9.94. The molecule has 2 aromatic heterocycles. The van der Waals surface area contributed by atoms with Crippen molar-refractivity contribution in [3.05, 3.63) is 87.9 Å². The molecule has 1 N–H and O–H groups in total. The van der Waals surface area contributed by atoms with Crippen LogP contribution >= 0.6 is 23.1 Å². The number of amides is 1. The van der Waals surface area contributed by atoms with Crippen molar-refractivity contribution in [1.82, 2.24) is 14.8 Å². The maximum atomic E-state index is 12.7. The summed E-state index contributed by atoms with van der Waals surface area (Å²) in [5.41, 5.74) is 4.13. The molecule has 0 saturated heterocycles. The minimum Gasteiger partial charge on any atom is -0.325 e. The standard InChI is InChI=1S/C24H24N4OS2/c1-3-18-10-7-9-17(2)23(18)25-22(29)16-31-24-27-26-21(15-20-13-8-14-30-20)28(24)19-11-5-4-6-12-19/h4-14H,3,15-16H2,1-2H3,(H,25,29). The summed E-state index contributed by atoms with van der Waals surface area (Å²) >= 11 is 3.11. The molecule has 0 radical (unpaired) electrons. The Labute approximate surface area is 190 Å². The predicted octanol–water partition coefficient (Wildman–Crippen LogP) is 5.52. The van der Waals surface area contributed by atoms with Crippen LogP contribution < -0.4 is 5.32 Å². The number of aromatic nitrogens is 3. The highest BCUT2D eigenvalue weighted by Gasteiger charge is 2.17. The molecule has 0 atom stereocenters. The third-order valence-corrected chi connectivity index (χ3v) is 6.77. The number of nitrogens with zero attached hydrogens (tertiary/aromatic N) is 3. The zero-order chi connectivity index (χ0) is 21.6. The fourth-order valence-electron chi connectivity index (χ4n) is 3.42. The van der Waals surface area contributed by atoms with Crippen LogP contribution in [0.25, 0.3) is 5.69 Å². The lowest BCUT2D eigenvalue weighted by Crippen LogP contribution is -2.16. The monoisotopic (exact) mass is 448 g/mol. The van der Waals surface area contributed by atoms with E-state index in [1.165, 1.54) is 16.6 Å². The van der Waals surface area contributed by atoms with Crippen molar-refractivity contribution in [1.29, 1.82) is 0 Å². The van der Waals surface area contributed by atoms with E-state index in [2.05, 4.69) is 40.0 Å². The van der Waals surface area contributed by atoms with Gasteiger partial charge in [-0.05, 0) is 48.1 Å². The van der Waals surface area contributed by atoms with Gasteiger partial charge in [0, 0.05) is 22.7 Å². The van der Waals surface area contributed by atoms with Gasteiger partial charge in [-0.2, -0.15) is 0 Å². The first-order valence-electron chi connectivity index (χ1n) is 10.2. The van der Waals surface area contributed by atoms with Crippen molar-refractivity contribution in [3.63, 3.8) is 0 Å². The number of anilines is 1. The van der Waals surface area contributed by atoms with Crippen LogP contribution in [0.3, 0.4) is 0 Å². The molecule has 0 unspecified atom stereocenters. The molecule has 0 fully saturated rings. The molecule has 158 valence electrons. The summed E-state index contributed by atoms with van der Waals surface area (Å²) in [4.78, 5) is 14.0. The quantitative estimate of drug-likeness (QED) is 0.361. The van der Waals surface area contributed by atoms with Crippen LogP contribution in [0.1, 0.15) is 28.8 Å². The topological polar surface area (TPSA) is 59.8 Å². The fourth-order valence-corrected chi connectivity index (χ4v) is 4.89. The van der Waals surface area contributed by atoms with Crippen molar-refractivity contribution in [2.75, 3.05) is 11.1 Å². The highest BCUT2D eigenvalue weighted by molar-refractivity contribution is 7.99. The highest BCUT2D eigenvalue weighted by Crippen LogP contribution is 2.26. The Morgan fingerprint density at radius 2 is 1.90 bits per heavy atom. The third-order valence-electron chi connectivity index (χ3n) is 4.96. The number of thiophene rings is 1. The Balaban J connectivity index is 1.53. The third kappa shape index (κ3) is 5.06. The average Bonchev–Trinajstić information content (AvgIpc) is 3.44. The molecule has 0 spiro atoms. The predicted molar refractivity (Wildman–Crippen MR) is 128 cm³/mol. The van der Waals surface area contributed by atoms with Crippen LogP contribution in [0, 0.1) is 6.92 Å². The molecule has 4 rings (SSSR count). The van der Waals surface area contributed by atoms with Gasteiger partial charge in [0.05, 0.1) is 5.75 Å². The van der Waals surface area contributed by atoms with Crippen LogP contribution in [-0.2, 0) is 17.6 Å². The summed E-state index contributed by atoms with van der Waals surface area (Å²) in [5, 5.41) is 14.7. The van der Waals surface area contributed by atoms with Crippen molar-refractivity contribution >= 4 is 34.7 Å². The molecule has 0 bridgehead atoms. The van der Waals surface area contributed by atoms with E-state index in [1.54, 1.807) is 11.3 Å². The summed E-state index contributed by atoms with van der Waals surface area (Å²) in [6.45, 7) is 4.11. The Kier molecular flexibility index (Phi) is 6.84. The molecule has 5 nitrogen and oxygen atoms in total. The lowest BCUT2D eigenvalue weighted by Gasteiger charge is -2.13. The second-order valence-corrected chi connectivity index (χ2v) is 9.10. The molecule has 7 heteroatoms. The number of hydrogen-bond acceptors (Lipinski definition) is 5. The SMILES string of the molecule is CCc1cccc(C)c1NC(=O)CSc1nnc(Cc2cccs2)n1-c1ccccc1. The lowest BCUT2D eigenvalue weighted by atomic mass is 10.1. The molecule has 2 aromatic carbocycles.